The van der Waals surface area contributed by atoms with Crippen molar-refractivity contribution in [3.05, 3.63) is 34.8 Å². The van der Waals surface area contributed by atoms with Gasteiger partial charge in [-0.1, -0.05) is 11.6 Å². The van der Waals surface area contributed by atoms with Gasteiger partial charge in [-0.3, -0.25) is 0 Å². The monoisotopic (exact) mass is 239 g/mol. The largest absolute Gasteiger partial charge is 0.506 e. The zero-order valence-electron chi connectivity index (χ0n) is 7.46. The Morgan fingerprint density at radius 1 is 1.33 bits per heavy atom. The van der Waals surface area contributed by atoms with Gasteiger partial charge in [-0.25, -0.2) is 4.98 Å². The zero-order valence-corrected chi connectivity index (χ0v) is 9.03. The minimum Gasteiger partial charge on any atom is -0.506 e. The molecule has 0 amide bonds. The maximum atomic E-state index is 9.43. The standard InChI is InChI=1S/C9H6ClN3OS/c10-6-1-2-8(14)7(5-6)12-13-9-11-3-4-15-9/h1-5,14H. The van der Waals surface area contributed by atoms with Crippen molar-refractivity contribution < 1.29 is 5.11 Å². The molecule has 4 nitrogen and oxygen atoms in total. The lowest BCUT2D eigenvalue weighted by Crippen LogP contribution is -1.68. The Bertz CT molecular complexity index is 484. The number of benzene rings is 1. The Kier molecular flexibility index (Phi) is 2.94. The fourth-order valence-electron chi connectivity index (χ4n) is 0.939. The second-order valence-electron chi connectivity index (χ2n) is 2.65. The molecule has 15 heavy (non-hydrogen) atoms. The number of phenolic OH excluding ortho intramolecular Hbond substituents is 1. The number of hydrogen-bond donors (Lipinski definition) is 1. The van der Waals surface area contributed by atoms with Crippen LogP contribution in [0.3, 0.4) is 0 Å². The third-order valence-electron chi connectivity index (χ3n) is 1.60. The highest BCUT2D eigenvalue weighted by atomic mass is 35.5. The molecule has 1 N–H and O–H groups in total. The highest BCUT2D eigenvalue weighted by Crippen LogP contribution is 2.30. The molecule has 6 heteroatoms. The first-order valence-electron chi connectivity index (χ1n) is 4.05. The van der Waals surface area contributed by atoms with Crippen LogP contribution in [0, 0.1) is 0 Å². The van der Waals surface area contributed by atoms with Crippen LogP contribution in [0.25, 0.3) is 0 Å². The molecule has 0 spiro atoms. The topological polar surface area (TPSA) is 57.8 Å². The van der Waals surface area contributed by atoms with E-state index in [0.717, 1.165) is 0 Å². The molecule has 0 aliphatic heterocycles. The summed E-state index contributed by atoms with van der Waals surface area (Å²) in [4.78, 5) is 3.93. The molecule has 2 rings (SSSR count). The summed E-state index contributed by atoms with van der Waals surface area (Å²) in [5.41, 5.74) is 0.331. The van der Waals surface area contributed by atoms with Crippen LogP contribution in [0.2, 0.25) is 5.02 Å². The van der Waals surface area contributed by atoms with E-state index in [1.807, 2.05) is 0 Å². The highest BCUT2D eigenvalue weighted by molar-refractivity contribution is 7.13. The Balaban J connectivity index is 2.27. The first-order valence-corrected chi connectivity index (χ1v) is 5.31. The minimum absolute atomic E-state index is 0.0414. The van der Waals surface area contributed by atoms with Crippen LogP contribution < -0.4 is 0 Å². The maximum Gasteiger partial charge on any atom is 0.229 e. The lowest BCUT2D eigenvalue weighted by atomic mass is 10.3. The average Bonchev–Trinajstić information content (AvgIpc) is 2.72. The molecule has 76 valence electrons. The van der Waals surface area contributed by atoms with Crippen molar-refractivity contribution in [3.63, 3.8) is 0 Å². The number of thiazole rings is 1. The fourth-order valence-corrected chi connectivity index (χ4v) is 1.56. The Morgan fingerprint density at radius 3 is 2.93 bits per heavy atom. The van der Waals surface area contributed by atoms with Crippen LogP contribution in [0.15, 0.2) is 40.0 Å². The molecule has 0 saturated carbocycles. The van der Waals surface area contributed by atoms with E-state index in [0.29, 0.717) is 15.8 Å². The molecule has 0 atom stereocenters. The summed E-state index contributed by atoms with van der Waals surface area (Å²) in [5, 5.41) is 20.0. The van der Waals surface area contributed by atoms with E-state index >= 15 is 0 Å². The molecule has 1 aromatic carbocycles. The van der Waals surface area contributed by atoms with E-state index in [2.05, 4.69) is 15.2 Å². The maximum absolute atomic E-state index is 9.43. The third-order valence-corrected chi connectivity index (χ3v) is 2.49. The summed E-state index contributed by atoms with van der Waals surface area (Å²) in [6, 6.07) is 4.59. The normalized spacial score (nSPS) is 11.0. The highest BCUT2D eigenvalue weighted by Gasteiger charge is 2.00. The van der Waals surface area contributed by atoms with Crippen LogP contribution in [0.4, 0.5) is 10.8 Å². The van der Waals surface area contributed by atoms with Gasteiger partial charge in [-0.05, 0) is 18.2 Å². The van der Waals surface area contributed by atoms with Crippen LogP contribution in [-0.4, -0.2) is 10.1 Å². The minimum atomic E-state index is 0.0414. The van der Waals surface area contributed by atoms with Crippen molar-refractivity contribution in [2.45, 2.75) is 0 Å². The predicted octanol–water partition coefficient (Wildman–Crippen LogP) is 3.92. The number of nitrogens with zero attached hydrogens (tertiary/aromatic N) is 3. The molecule has 0 aliphatic rings. The summed E-state index contributed by atoms with van der Waals surface area (Å²) in [5.74, 6) is 0.0414. The van der Waals surface area contributed by atoms with Gasteiger partial charge in [0.25, 0.3) is 0 Å². The molecule has 1 heterocycles. The Labute approximate surface area is 94.9 Å². The molecule has 0 saturated heterocycles. The summed E-state index contributed by atoms with van der Waals surface area (Å²) >= 11 is 7.12. The van der Waals surface area contributed by atoms with Gasteiger partial charge in [-0.15, -0.1) is 21.6 Å². The van der Waals surface area contributed by atoms with Gasteiger partial charge >= 0.3 is 0 Å². The van der Waals surface area contributed by atoms with Crippen LogP contribution in [0.5, 0.6) is 5.75 Å². The van der Waals surface area contributed by atoms with Gasteiger partial charge in [0.2, 0.25) is 5.13 Å². The van der Waals surface area contributed by atoms with Gasteiger partial charge in [0.15, 0.2) is 0 Å². The SMILES string of the molecule is Oc1ccc(Cl)cc1N=Nc1nccs1. The van der Waals surface area contributed by atoms with Crippen molar-refractivity contribution in [2.24, 2.45) is 10.2 Å². The van der Waals surface area contributed by atoms with E-state index in [1.54, 1.807) is 17.6 Å². The molecule has 0 unspecified atom stereocenters. The van der Waals surface area contributed by atoms with Crippen LogP contribution >= 0.6 is 22.9 Å². The third kappa shape index (κ3) is 2.51. The van der Waals surface area contributed by atoms with E-state index in [1.165, 1.54) is 23.5 Å². The van der Waals surface area contributed by atoms with E-state index in [4.69, 9.17) is 11.6 Å². The van der Waals surface area contributed by atoms with Gasteiger partial charge in [-0.2, -0.15) is 0 Å². The van der Waals surface area contributed by atoms with E-state index < -0.39 is 0 Å². The zero-order chi connectivity index (χ0) is 10.7. The molecular formula is C9H6ClN3OS. The molecule has 0 bridgehead atoms. The van der Waals surface area contributed by atoms with Crippen molar-refractivity contribution in [1.82, 2.24) is 4.98 Å². The summed E-state index contributed by atoms with van der Waals surface area (Å²) < 4.78 is 0. The second-order valence-corrected chi connectivity index (χ2v) is 3.96. The van der Waals surface area contributed by atoms with Crippen molar-refractivity contribution in [1.29, 1.82) is 0 Å². The number of hydrogen-bond acceptors (Lipinski definition) is 5. The molecule has 0 aliphatic carbocycles. The van der Waals surface area contributed by atoms with Gasteiger partial charge in [0.1, 0.15) is 11.4 Å². The van der Waals surface area contributed by atoms with Crippen molar-refractivity contribution in [3.8, 4) is 5.75 Å². The summed E-state index contributed by atoms with van der Waals surface area (Å²) in [7, 11) is 0. The summed E-state index contributed by atoms with van der Waals surface area (Å²) in [6.07, 6.45) is 1.64. The van der Waals surface area contributed by atoms with Crippen LogP contribution in [0.1, 0.15) is 0 Å². The number of phenols is 1. The van der Waals surface area contributed by atoms with Crippen molar-refractivity contribution in [2.75, 3.05) is 0 Å². The number of aromatic hydroxyl groups is 1. The van der Waals surface area contributed by atoms with E-state index in [9.17, 15) is 5.11 Å². The first-order chi connectivity index (χ1) is 7.25. The Morgan fingerprint density at radius 2 is 2.20 bits per heavy atom. The first kappa shape index (κ1) is 10.1. The molecule has 1 aromatic heterocycles. The average molecular weight is 240 g/mol. The quantitative estimate of drug-likeness (QED) is 0.808. The molecule has 0 radical (unpaired) electrons. The van der Waals surface area contributed by atoms with Gasteiger partial charge in [0, 0.05) is 16.6 Å². The molecule has 0 fully saturated rings. The van der Waals surface area contributed by atoms with Gasteiger partial charge in [0.05, 0.1) is 0 Å². The number of rotatable bonds is 2. The molecule has 2 aromatic rings. The fraction of sp³-hybridized carbons (Fsp3) is 0. The smallest absolute Gasteiger partial charge is 0.229 e. The number of aromatic nitrogens is 1. The summed E-state index contributed by atoms with van der Waals surface area (Å²) in [6.45, 7) is 0. The predicted molar refractivity (Wildman–Crippen MR) is 59.4 cm³/mol. The second kappa shape index (κ2) is 4.37. The van der Waals surface area contributed by atoms with E-state index in [-0.39, 0.29) is 5.75 Å². The van der Waals surface area contributed by atoms with Crippen molar-refractivity contribution >= 4 is 33.8 Å². The lowest BCUT2D eigenvalue weighted by Gasteiger charge is -1.96. The van der Waals surface area contributed by atoms with Gasteiger partial charge < -0.3 is 5.11 Å². The Hall–Kier alpha value is -1.46. The molecular weight excluding hydrogens is 234 g/mol. The number of azo groups is 1. The van der Waals surface area contributed by atoms with Crippen LogP contribution in [-0.2, 0) is 0 Å². The lowest BCUT2D eigenvalue weighted by molar-refractivity contribution is 0.476. The number of halogens is 1.